The maximum absolute atomic E-state index is 9.93. The zero-order valence-corrected chi connectivity index (χ0v) is 11.3. The van der Waals surface area contributed by atoms with Crippen LogP contribution in [0.5, 0.6) is 0 Å². The van der Waals surface area contributed by atoms with Gasteiger partial charge in [0.05, 0.1) is 23.9 Å². The van der Waals surface area contributed by atoms with Gasteiger partial charge in [-0.3, -0.25) is 4.57 Å². The molecule has 8 nitrogen and oxygen atoms in total. The topological polar surface area (TPSA) is 119 Å². The van der Waals surface area contributed by atoms with Gasteiger partial charge in [0.25, 0.3) is 0 Å². The first-order valence-corrected chi connectivity index (χ1v) is 6.56. The monoisotopic (exact) mass is 329 g/mol. The molecule has 0 saturated carbocycles. The van der Waals surface area contributed by atoms with E-state index in [0.717, 1.165) is 0 Å². The van der Waals surface area contributed by atoms with E-state index in [1.807, 2.05) is 0 Å². The van der Waals surface area contributed by atoms with Crippen molar-refractivity contribution in [1.29, 1.82) is 0 Å². The van der Waals surface area contributed by atoms with Gasteiger partial charge in [-0.25, -0.2) is 15.0 Å². The number of aliphatic hydroxyl groups excluding tert-OH is 2. The molecule has 3 heterocycles. The van der Waals surface area contributed by atoms with Gasteiger partial charge in [-0.15, -0.1) is 0 Å². The fourth-order valence-corrected chi connectivity index (χ4v) is 2.85. The standard InChI is InChI=1S/C10H12BrN5O3/c11-5-7(18)4(1-17)19-10(5)16-3-15-6-8(12)13-2-14-9(6)16/h2-5,7,10,17-18H,1H2,(H2,12,13,14)/t4-,5?,7?,10-/m1/s1. The Morgan fingerprint density at radius 2 is 2.21 bits per heavy atom. The van der Waals surface area contributed by atoms with Gasteiger partial charge in [0.1, 0.15) is 17.9 Å². The second-order valence-corrected chi connectivity index (χ2v) is 5.32. The van der Waals surface area contributed by atoms with Crippen molar-refractivity contribution < 1.29 is 14.9 Å². The van der Waals surface area contributed by atoms with Crippen molar-refractivity contribution in [3.8, 4) is 0 Å². The van der Waals surface area contributed by atoms with E-state index in [4.69, 9.17) is 15.6 Å². The Kier molecular flexibility index (Phi) is 3.13. The van der Waals surface area contributed by atoms with Gasteiger partial charge in [0, 0.05) is 0 Å². The summed E-state index contributed by atoms with van der Waals surface area (Å²) < 4.78 is 7.26. The largest absolute Gasteiger partial charge is 0.394 e. The maximum Gasteiger partial charge on any atom is 0.167 e. The Labute approximate surface area is 116 Å². The zero-order chi connectivity index (χ0) is 13.6. The molecule has 1 fully saturated rings. The predicted molar refractivity (Wildman–Crippen MR) is 69.5 cm³/mol. The molecule has 1 saturated heterocycles. The number of halogens is 1. The van der Waals surface area contributed by atoms with Crippen LogP contribution >= 0.6 is 15.9 Å². The lowest BCUT2D eigenvalue weighted by Crippen LogP contribution is -2.29. The highest BCUT2D eigenvalue weighted by Gasteiger charge is 2.43. The summed E-state index contributed by atoms with van der Waals surface area (Å²) in [5, 5.41) is 19.1. The van der Waals surface area contributed by atoms with Crippen molar-refractivity contribution in [2.24, 2.45) is 0 Å². The molecule has 0 amide bonds. The molecular weight excluding hydrogens is 318 g/mol. The Morgan fingerprint density at radius 1 is 1.42 bits per heavy atom. The number of nitrogens with zero attached hydrogens (tertiary/aromatic N) is 4. The molecule has 0 aliphatic carbocycles. The predicted octanol–water partition coefficient (Wildman–Crippen LogP) is -0.577. The van der Waals surface area contributed by atoms with Crippen molar-refractivity contribution in [2.75, 3.05) is 12.3 Å². The van der Waals surface area contributed by atoms with Crippen LogP contribution in [0.4, 0.5) is 5.82 Å². The van der Waals surface area contributed by atoms with Gasteiger partial charge < -0.3 is 20.7 Å². The van der Waals surface area contributed by atoms with Crippen LogP contribution in [0.25, 0.3) is 11.2 Å². The molecule has 0 radical (unpaired) electrons. The molecular formula is C10H12BrN5O3. The summed E-state index contributed by atoms with van der Waals surface area (Å²) in [6, 6.07) is 0. The van der Waals surface area contributed by atoms with Crippen molar-refractivity contribution >= 4 is 32.9 Å². The number of aliphatic hydroxyl groups is 2. The summed E-state index contributed by atoms with van der Waals surface area (Å²) in [7, 11) is 0. The summed E-state index contributed by atoms with van der Waals surface area (Å²) in [6.07, 6.45) is 0.888. The zero-order valence-electron chi connectivity index (χ0n) is 9.72. The molecule has 2 aromatic heterocycles. The number of hydrogen-bond acceptors (Lipinski definition) is 7. The molecule has 0 spiro atoms. The number of hydrogen-bond donors (Lipinski definition) is 3. The van der Waals surface area contributed by atoms with Crippen molar-refractivity contribution in [3.05, 3.63) is 12.7 Å². The minimum absolute atomic E-state index is 0.260. The lowest BCUT2D eigenvalue weighted by molar-refractivity contribution is -0.0430. The number of fused-ring (bicyclic) bond motifs is 1. The minimum atomic E-state index is -0.813. The molecule has 102 valence electrons. The molecule has 9 heteroatoms. The molecule has 4 N–H and O–H groups in total. The first kappa shape index (κ1) is 12.7. The van der Waals surface area contributed by atoms with Gasteiger partial charge in [-0.1, -0.05) is 15.9 Å². The third-order valence-electron chi connectivity index (χ3n) is 3.13. The van der Waals surface area contributed by atoms with E-state index in [1.54, 1.807) is 4.57 Å². The van der Waals surface area contributed by atoms with E-state index in [2.05, 4.69) is 30.9 Å². The first-order valence-electron chi connectivity index (χ1n) is 5.65. The van der Waals surface area contributed by atoms with E-state index in [1.165, 1.54) is 12.7 Å². The third kappa shape index (κ3) is 1.89. The molecule has 0 aromatic carbocycles. The number of rotatable bonds is 2. The summed E-state index contributed by atoms with van der Waals surface area (Å²) in [5.74, 6) is 0.284. The summed E-state index contributed by atoms with van der Waals surface area (Å²) in [4.78, 5) is 11.7. The van der Waals surface area contributed by atoms with E-state index in [0.29, 0.717) is 11.2 Å². The lowest BCUT2D eigenvalue weighted by atomic mass is 10.2. The SMILES string of the molecule is Nc1ncnc2c1ncn2[C@@H]1O[C@H](CO)C(O)C1Br. The fraction of sp³-hybridized carbons (Fsp3) is 0.500. The van der Waals surface area contributed by atoms with E-state index in [-0.39, 0.29) is 17.3 Å². The van der Waals surface area contributed by atoms with Crippen LogP contribution in [-0.4, -0.2) is 53.4 Å². The number of aromatic nitrogens is 4. The highest BCUT2D eigenvalue weighted by molar-refractivity contribution is 9.09. The summed E-state index contributed by atoms with van der Waals surface area (Å²) in [5.41, 5.74) is 6.72. The van der Waals surface area contributed by atoms with Gasteiger partial charge >= 0.3 is 0 Å². The smallest absolute Gasteiger partial charge is 0.167 e. The van der Waals surface area contributed by atoms with E-state index >= 15 is 0 Å². The molecule has 3 rings (SSSR count). The first-order chi connectivity index (χ1) is 9.13. The number of nitrogen functional groups attached to an aromatic ring is 1. The van der Waals surface area contributed by atoms with Gasteiger partial charge in [0.15, 0.2) is 17.7 Å². The maximum atomic E-state index is 9.93. The van der Waals surface area contributed by atoms with Crippen LogP contribution in [0, 0.1) is 0 Å². The van der Waals surface area contributed by atoms with Crippen LogP contribution in [-0.2, 0) is 4.74 Å². The molecule has 1 aliphatic heterocycles. The molecule has 2 unspecified atom stereocenters. The van der Waals surface area contributed by atoms with Crippen LogP contribution in [0.1, 0.15) is 6.23 Å². The second-order valence-electron chi connectivity index (χ2n) is 4.27. The fourth-order valence-electron chi connectivity index (χ4n) is 2.13. The average molecular weight is 330 g/mol. The number of alkyl halides is 1. The summed E-state index contributed by atoms with van der Waals surface area (Å²) in [6.45, 7) is -0.260. The quantitative estimate of drug-likeness (QED) is 0.630. The Bertz CT molecular complexity index is 606. The minimum Gasteiger partial charge on any atom is -0.394 e. The second kappa shape index (κ2) is 4.67. The normalized spacial score (nSPS) is 31.1. The highest BCUT2D eigenvalue weighted by Crippen LogP contribution is 2.36. The Hall–Kier alpha value is -1.29. The molecule has 1 aliphatic rings. The van der Waals surface area contributed by atoms with Crippen LogP contribution in [0.2, 0.25) is 0 Å². The lowest BCUT2D eigenvalue weighted by Gasteiger charge is -2.16. The van der Waals surface area contributed by atoms with Crippen molar-refractivity contribution in [3.63, 3.8) is 0 Å². The number of anilines is 1. The van der Waals surface area contributed by atoms with Crippen LogP contribution in [0.3, 0.4) is 0 Å². The number of imidazole rings is 1. The van der Waals surface area contributed by atoms with Crippen molar-refractivity contribution in [2.45, 2.75) is 23.3 Å². The molecule has 4 atom stereocenters. The van der Waals surface area contributed by atoms with E-state index < -0.39 is 18.4 Å². The van der Waals surface area contributed by atoms with E-state index in [9.17, 15) is 5.11 Å². The van der Waals surface area contributed by atoms with Crippen molar-refractivity contribution in [1.82, 2.24) is 19.5 Å². The van der Waals surface area contributed by atoms with Gasteiger partial charge in [-0.2, -0.15) is 0 Å². The van der Waals surface area contributed by atoms with Crippen LogP contribution in [0.15, 0.2) is 12.7 Å². The third-order valence-corrected chi connectivity index (χ3v) is 4.13. The molecule has 0 bridgehead atoms. The molecule has 19 heavy (non-hydrogen) atoms. The number of ether oxygens (including phenoxy) is 1. The van der Waals surface area contributed by atoms with Gasteiger partial charge in [0.2, 0.25) is 0 Å². The van der Waals surface area contributed by atoms with Gasteiger partial charge in [-0.05, 0) is 0 Å². The summed E-state index contributed by atoms with van der Waals surface area (Å²) >= 11 is 3.37. The Morgan fingerprint density at radius 3 is 2.89 bits per heavy atom. The highest BCUT2D eigenvalue weighted by atomic mass is 79.9. The average Bonchev–Trinajstić information content (AvgIpc) is 2.94. The Balaban J connectivity index is 2.04. The molecule has 2 aromatic rings. The van der Waals surface area contributed by atoms with Crippen LogP contribution < -0.4 is 5.73 Å². The number of nitrogens with two attached hydrogens (primary N) is 1.